The van der Waals surface area contributed by atoms with Crippen LogP contribution in [0.25, 0.3) is 11.0 Å². The maximum atomic E-state index is 13.5. The molecule has 1 amide bonds. The van der Waals surface area contributed by atoms with E-state index in [1.807, 2.05) is 24.6 Å². The van der Waals surface area contributed by atoms with Gasteiger partial charge >= 0.3 is 0 Å². The monoisotopic (exact) mass is 429 g/mol. The van der Waals surface area contributed by atoms with Gasteiger partial charge in [-0.1, -0.05) is 17.7 Å². The van der Waals surface area contributed by atoms with Gasteiger partial charge in [0, 0.05) is 36.8 Å². The molecule has 5 rings (SSSR count). The lowest BCUT2D eigenvalue weighted by molar-refractivity contribution is 0.00573. The van der Waals surface area contributed by atoms with Crippen molar-refractivity contribution in [2.75, 3.05) is 13.1 Å². The fraction of sp³-hybridized carbons (Fsp3) is 0.364. The van der Waals surface area contributed by atoms with E-state index in [-0.39, 0.29) is 12.0 Å². The molecule has 1 atom stereocenters. The minimum Gasteiger partial charge on any atom is -0.483 e. The van der Waals surface area contributed by atoms with E-state index < -0.39 is 11.9 Å². The Morgan fingerprint density at radius 3 is 2.80 bits per heavy atom. The molecule has 3 heterocycles. The van der Waals surface area contributed by atoms with Crippen molar-refractivity contribution in [3.05, 3.63) is 57.6 Å². The Balaban J connectivity index is 1.62. The number of halogens is 2. The summed E-state index contributed by atoms with van der Waals surface area (Å²) < 4.78 is 21.8. The van der Waals surface area contributed by atoms with Gasteiger partial charge in [0.2, 0.25) is 0 Å². The van der Waals surface area contributed by atoms with Gasteiger partial charge in [-0.3, -0.25) is 4.79 Å². The number of fused-ring (bicyclic) bond motifs is 3. The molecule has 156 valence electrons. The van der Waals surface area contributed by atoms with Crippen LogP contribution in [0.15, 0.2) is 24.3 Å². The molecular weight excluding hydrogens is 409 g/mol. The lowest BCUT2D eigenvalue weighted by atomic mass is 9.92. The van der Waals surface area contributed by atoms with Crippen molar-refractivity contribution in [3.8, 4) is 5.75 Å². The minimum absolute atomic E-state index is 0.112. The number of ether oxygens (including phenoxy) is 1. The summed E-state index contributed by atoms with van der Waals surface area (Å²) >= 11 is 6.28. The average molecular weight is 430 g/mol. The Hall–Kier alpha value is -2.64. The number of benzene rings is 2. The molecule has 1 aromatic heterocycles. The van der Waals surface area contributed by atoms with Crippen LogP contribution >= 0.6 is 11.6 Å². The number of hydrogen-bond acceptors (Lipinski definition) is 4. The van der Waals surface area contributed by atoms with E-state index in [2.05, 4.69) is 4.98 Å². The Morgan fingerprint density at radius 1 is 1.33 bits per heavy atom. The Bertz CT molecular complexity index is 1190. The molecule has 0 spiro atoms. The maximum Gasteiger partial charge on any atom is 0.254 e. The number of β-amino-alcohol motifs (C(OH)–C–C–N with tert-alkyl or cyclic N) is 1. The van der Waals surface area contributed by atoms with Gasteiger partial charge in [0.25, 0.3) is 5.91 Å². The SMILES string of the molecule is Cc1nc2c3c(c(C(=O)N4CC(O)C4)cc2n1C)CC[C@@H](c1ccc(F)cc1Cl)O3. The van der Waals surface area contributed by atoms with Crippen LogP contribution in [-0.2, 0) is 13.5 Å². The minimum atomic E-state index is -0.464. The molecule has 0 radical (unpaired) electrons. The third kappa shape index (κ3) is 2.96. The van der Waals surface area contributed by atoms with Crippen molar-refractivity contribution < 1.29 is 19.0 Å². The lowest BCUT2D eigenvalue weighted by Crippen LogP contribution is -2.53. The second kappa shape index (κ2) is 6.96. The molecule has 30 heavy (non-hydrogen) atoms. The van der Waals surface area contributed by atoms with E-state index in [0.29, 0.717) is 53.3 Å². The summed E-state index contributed by atoms with van der Waals surface area (Å²) in [4.78, 5) is 19.4. The van der Waals surface area contributed by atoms with E-state index in [1.54, 1.807) is 11.0 Å². The van der Waals surface area contributed by atoms with Crippen LogP contribution in [0.3, 0.4) is 0 Å². The number of hydrogen-bond donors (Lipinski definition) is 1. The summed E-state index contributed by atoms with van der Waals surface area (Å²) in [5.74, 6) is 0.880. The molecule has 2 aliphatic rings. The third-order valence-corrected chi connectivity index (χ3v) is 6.39. The summed E-state index contributed by atoms with van der Waals surface area (Å²) in [7, 11) is 1.90. The molecule has 3 aromatic rings. The molecule has 1 saturated heterocycles. The topological polar surface area (TPSA) is 67.6 Å². The quantitative estimate of drug-likeness (QED) is 0.676. The highest BCUT2D eigenvalue weighted by molar-refractivity contribution is 6.31. The predicted molar refractivity (Wildman–Crippen MR) is 110 cm³/mol. The van der Waals surface area contributed by atoms with Crippen LogP contribution < -0.4 is 4.74 Å². The van der Waals surface area contributed by atoms with Crippen LogP contribution in [0.4, 0.5) is 4.39 Å². The van der Waals surface area contributed by atoms with Gasteiger partial charge in [0.15, 0.2) is 5.75 Å². The first-order valence-electron chi connectivity index (χ1n) is 9.91. The fourth-order valence-corrected chi connectivity index (χ4v) is 4.55. The first-order valence-corrected chi connectivity index (χ1v) is 10.3. The highest BCUT2D eigenvalue weighted by atomic mass is 35.5. The zero-order valence-corrected chi connectivity index (χ0v) is 17.4. The summed E-state index contributed by atoms with van der Waals surface area (Å²) in [6, 6.07) is 6.17. The molecule has 2 aromatic carbocycles. The van der Waals surface area contributed by atoms with Gasteiger partial charge in [0.05, 0.1) is 16.6 Å². The molecule has 8 heteroatoms. The van der Waals surface area contributed by atoms with Crippen molar-refractivity contribution >= 4 is 28.5 Å². The number of imidazole rings is 1. The zero-order valence-electron chi connectivity index (χ0n) is 16.7. The molecule has 0 bridgehead atoms. The van der Waals surface area contributed by atoms with Crippen molar-refractivity contribution in [2.24, 2.45) is 7.05 Å². The van der Waals surface area contributed by atoms with Crippen molar-refractivity contribution in [2.45, 2.75) is 32.0 Å². The molecule has 0 aliphatic carbocycles. The first-order chi connectivity index (χ1) is 14.3. The summed E-state index contributed by atoms with van der Waals surface area (Å²) in [5, 5.41) is 9.92. The van der Waals surface area contributed by atoms with Crippen LogP contribution in [-0.4, -0.2) is 44.7 Å². The summed E-state index contributed by atoms with van der Waals surface area (Å²) in [6.45, 7) is 2.58. The number of nitrogens with zero attached hydrogens (tertiary/aromatic N) is 3. The Labute approximate surface area is 177 Å². The smallest absolute Gasteiger partial charge is 0.254 e. The highest BCUT2D eigenvalue weighted by Crippen LogP contribution is 2.43. The predicted octanol–water partition coefficient (Wildman–Crippen LogP) is 3.56. The summed E-state index contributed by atoms with van der Waals surface area (Å²) in [5.41, 5.74) is 3.62. The van der Waals surface area contributed by atoms with Crippen LogP contribution in [0.2, 0.25) is 5.02 Å². The number of aryl methyl sites for hydroxylation is 2. The standard InChI is InChI=1S/C22H21ClFN3O3/c1-11-25-20-18(26(11)2)8-16(22(29)27-9-13(28)10-27)14-5-6-19(30-21(14)20)15-4-3-12(24)7-17(15)23/h3-4,7-8,13,19,28H,5-6,9-10H2,1-2H3/t19-/m0/s1. The van der Waals surface area contributed by atoms with E-state index >= 15 is 0 Å². The van der Waals surface area contributed by atoms with Crippen LogP contribution in [0.1, 0.15) is 39.8 Å². The van der Waals surface area contributed by atoms with E-state index in [0.717, 1.165) is 16.9 Å². The zero-order chi connectivity index (χ0) is 21.2. The van der Waals surface area contributed by atoms with Gasteiger partial charge in [0.1, 0.15) is 23.3 Å². The Kier molecular flexibility index (Phi) is 4.48. The van der Waals surface area contributed by atoms with E-state index in [9.17, 15) is 14.3 Å². The van der Waals surface area contributed by atoms with E-state index in [4.69, 9.17) is 16.3 Å². The fourth-order valence-electron chi connectivity index (χ4n) is 4.26. The van der Waals surface area contributed by atoms with Crippen molar-refractivity contribution in [1.82, 2.24) is 14.5 Å². The van der Waals surface area contributed by atoms with Gasteiger partial charge in [-0.2, -0.15) is 0 Å². The largest absolute Gasteiger partial charge is 0.483 e. The number of aliphatic hydroxyl groups is 1. The van der Waals surface area contributed by atoms with Gasteiger partial charge in [-0.05, 0) is 38.0 Å². The summed E-state index contributed by atoms with van der Waals surface area (Å²) in [6.07, 6.45) is 0.399. The van der Waals surface area contributed by atoms with Crippen LogP contribution in [0.5, 0.6) is 5.75 Å². The maximum absolute atomic E-state index is 13.5. The van der Waals surface area contributed by atoms with Gasteiger partial charge < -0.3 is 19.3 Å². The second-order valence-corrected chi connectivity index (χ2v) is 8.40. The number of aromatic nitrogens is 2. The number of aliphatic hydroxyl groups excluding tert-OH is 1. The van der Waals surface area contributed by atoms with Crippen molar-refractivity contribution in [1.29, 1.82) is 0 Å². The molecule has 2 aliphatic heterocycles. The molecule has 0 unspecified atom stereocenters. The second-order valence-electron chi connectivity index (χ2n) is 7.99. The van der Waals surface area contributed by atoms with Gasteiger partial charge in [-0.25, -0.2) is 9.37 Å². The van der Waals surface area contributed by atoms with E-state index in [1.165, 1.54) is 12.1 Å². The third-order valence-electron chi connectivity index (χ3n) is 6.06. The Morgan fingerprint density at radius 2 is 2.10 bits per heavy atom. The molecule has 6 nitrogen and oxygen atoms in total. The highest BCUT2D eigenvalue weighted by Gasteiger charge is 2.35. The lowest BCUT2D eigenvalue weighted by Gasteiger charge is -2.37. The molecule has 1 fully saturated rings. The molecule has 0 saturated carbocycles. The van der Waals surface area contributed by atoms with Crippen molar-refractivity contribution in [3.63, 3.8) is 0 Å². The number of likely N-dealkylation sites (tertiary alicyclic amines) is 1. The average Bonchev–Trinajstić information content (AvgIpc) is 2.98. The molecular formula is C22H21ClFN3O3. The van der Waals surface area contributed by atoms with Crippen LogP contribution in [0, 0.1) is 12.7 Å². The number of carbonyl (C=O) groups excluding carboxylic acids is 1. The first kappa shape index (κ1) is 19.3. The number of amides is 1. The normalized spacial score (nSPS) is 18.8. The number of carbonyl (C=O) groups is 1. The molecule has 1 N–H and O–H groups in total. The van der Waals surface area contributed by atoms with Gasteiger partial charge in [-0.15, -0.1) is 0 Å². The number of rotatable bonds is 2.